The van der Waals surface area contributed by atoms with Crippen LogP contribution in [0.2, 0.25) is 0 Å². The van der Waals surface area contributed by atoms with Gasteiger partial charge in [0.05, 0.1) is 0 Å². The highest BCUT2D eigenvalue weighted by Crippen LogP contribution is 2.19. The largest absolute Gasteiger partial charge is 0.576 e. The van der Waals surface area contributed by atoms with Gasteiger partial charge in [-0.25, -0.2) is 21.6 Å². The Kier molecular flexibility index (Phi) is 2.62. The summed E-state index contributed by atoms with van der Waals surface area (Å²) in [5.41, 5.74) is -0.771. The van der Waals surface area contributed by atoms with Crippen molar-refractivity contribution >= 4 is 23.1 Å². The summed E-state index contributed by atoms with van der Waals surface area (Å²) in [6, 6.07) is 0.425. The number of hydrogen-bond donors (Lipinski definition) is 0. The summed E-state index contributed by atoms with van der Waals surface area (Å²) in [6.45, 7) is 0. The van der Waals surface area contributed by atoms with Crippen LogP contribution in [0.3, 0.4) is 0 Å². The van der Waals surface area contributed by atoms with Crippen molar-refractivity contribution in [3.05, 3.63) is 23.5 Å². The molecule has 0 saturated carbocycles. The topological polar surface area (TPSA) is 34.1 Å². The zero-order chi connectivity index (χ0) is 11.1. The molecule has 2 nitrogen and oxygen atoms in total. The molecular formula is C7H4BF3O2S-. The minimum absolute atomic E-state index is 0.425. The van der Waals surface area contributed by atoms with Gasteiger partial charge < -0.3 is 7.85 Å². The first-order valence-electron chi connectivity index (χ1n) is 3.38. The Labute approximate surface area is 80.1 Å². The molecule has 0 saturated heterocycles. The van der Waals surface area contributed by atoms with Gasteiger partial charge in [-0.2, -0.15) is 0 Å². The molecule has 0 fully saturated rings. The van der Waals surface area contributed by atoms with E-state index in [1.165, 1.54) is 0 Å². The third kappa shape index (κ3) is 1.77. The summed E-state index contributed by atoms with van der Waals surface area (Å²) in [5, 5.41) is 0. The van der Waals surface area contributed by atoms with Crippen LogP contribution in [0.15, 0.2) is 11.0 Å². The maximum absolute atomic E-state index is 12.9. The fraction of sp³-hybridized carbons (Fsp3) is 0.143. The Morgan fingerprint density at radius 3 is 2.14 bits per heavy atom. The standard InChI is InChI=1S/C7H4BF3O2S/c1-14(12,13)7-4(9)2-3(8)5(10)6(7)11/h2H,1H3/q-1. The van der Waals surface area contributed by atoms with E-state index in [1.54, 1.807) is 0 Å². The SMILES string of the molecule is [B-]c1cc(F)c(S(C)(=O)=O)c(F)c1F. The summed E-state index contributed by atoms with van der Waals surface area (Å²) >= 11 is 0. The minimum atomic E-state index is -4.15. The first-order chi connectivity index (χ1) is 6.25. The van der Waals surface area contributed by atoms with Gasteiger partial charge in [0.1, 0.15) is 16.5 Å². The molecule has 0 unspecified atom stereocenters. The zero-order valence-corrected chi connectivity index (χ0v) is 7.83. The first-order valence-corrected chi connectivity index (χ1v) is 5.27. The number of hydrogen-bond acceptors (Lipinski definition) is 2. The van der Waals surface area contributed by atoms with Gasteiger partial charge in [-0.15, -0.1) is 0 Å². The summed E-state index contributed by atoms with van der Waals surface area (Å²) in [5.74, 6) is -4.75. The molecule has 0 spiro atoms. The van der Waals surface area contributed by atoms with Crippen LogP contribution in [0.1, 0.15) is 0 Å². The average molecular weight is 220 g/mol. The second-order valence-electron chi connectivity index (χ2n) is 2.68. The predicted molar refractivity (Wildman–Crippen MR) is 44.8 cm³/mol. The normalized spacial score (nSPS) is 11.8. The Morgan fingerprint density at radius 1 is 1.21 bits per heavy atom. The van der Waals surface area contributed by atoms with E-state index in [4.69, 9.17) is 7.85 Å². The molecular weight excluding hydrogens is 216 g/mol. The summed E-state index contributed by atoms with van der Waals surface area (Å²) < 4.78 is 60.3. The molecule has 1 rings (SSSR count). The second-order valence-corrected chi connectivity index (χ2v) is 4.63. The molecule has 0 aliphatic rings. The Balaban J connectivity index is 3.70. The van der Waals surface area contributed by atoms with Crippen molar-refractivity contribution in [2.24, 2.45) is 0 Å². The van der Waals surface area contributed by atoms with Crippen LogP contribution in [-0.4, -0.2) is 22.5 Å². The third-order valence-electron chi connectivity index (χ3n) is 1.52. The van der Waals surface area contributed by atoms with Crippen LogP contribution >= 0.6 is 0 Å². The van der Waals surface area contributed by atoms with E-state index in [9.17, 15) is 21.6 Å². The lowest BCUT2D eigenvalue weighted by molar-refractivity contribution is 0.464. The predicted octanol–water partition coefficient (Wildman–Crippen LogP) is 0.301. The van der Waals surface area contributed by atoms with Crippen molar-refractivity contribution in [3.63, 3.8) is 0 Å². The molecule has 0 aliphatic carbocycles. The number of sulfone groups is 1. The van der Waals surface area contributed by atoms with Crippen LogP contribution in [0.25, 0.3) is 0 Å². The van der Waals surface area contributed by atoms with Gasteiger partial charge in [-0.05, 0) is 0 Å². The summed E-state index contributed by atoms with van der Waals surface area (Å²) in [4.78, 5) is -1.30. The fourth-order valence-corrected chi connectivity index (χ4v) is 1.76. The van der Waals surface area contributed by atoms with Crippen molar-refractivity contribution < 1.29 is 21.6 Å². The zero-order valence-electron chi connectivity index (χ0n) is 7.01. The van der Waals surface area contributed by atoms with Crippen LogP contribution in [0.4, 0.5) is 13.2 Å². The highest BCUT2D eigenvalue weighted by Gasteiger charge is 2.21. The van der Waals surface area contributed by atoms with Gasteiger partial charge in [0.15, 0.2) is 15.7 Å². The molecule has 0 heterocycles. The van der Waals surface area contributed by atoms with Crippen LogP contribution in [0, 0.1) is 17.5 Å². The van der Waals surface area contributed by atoms with Gasteiger partial charge in [0, 0.05) is 6.26 Å². The van der Waals surface area contributed by atoms with Gasteiger partial charge in [0.25, 0.3) is 0 Å². The van der Waals surface area contributed by atoms with Crippen LogP contribution in [0.5, 0.6) is 0 Å². The molecule has 1 aromatic carbocycles. The molecule has 0 bridgehead atoms. The molecule has 7 heteroatoms. The average Bonchev–Trinajstić information content (AvgIpc) is 1.97. The lowest BCUT2D eigenvalue weighted by atomic mass is 9.95. The smallest absolute Gasteiger partial charge is 0.181 e. The van der Waals surface area contributed by atoms with Crippen molar-refractivity contribution in [2.75, 3.05) is 6.26 Å². The molecule has 75 valence electrons. The van der Waals surface area contributed by atoms with Gasteiger partial charge >= 0.3 is 0 Å². The molecule has 0 atom stereocenters. The first kappa shape index (κ1) is 11.1. The molecule has 0 aliphatic heterocycles. The minimum Gasteiger partial charge on any atom is -0.576 e. The number of benzene rings is 1. The van der Waals surface area contributed by atoms with Crippen molar-refractivity contribution in [1.29, 1.82) is 0 Å². The van der Waals surface area contributed by atoms with Gasteiger partial charge in [-0.3, -0.25) is 5.46 Å². The molecule has 3 radical (unpaired) electrons. The Morgan fingerprint density at radius 2 is 1.71 bits per heavy atom. The lowest BCUT2D eigenvalue weighted by Crippen LogP contribution is -2.17. The summed E-state index contributed by atoms with van der Waals surface area (Å²) in [6.07, 6.45) is 0.574. The van der Waals surface area contributed by atoms with E-state index in [0.29, 0.717) is 12.3 Å². The monoisotopic (exact) mass is 220 g/mol. The molecule has 1 aromatic rings. The van der Waals surface area contributed by atoms with Gasteiger partial charge in [-0.1, -0.05) is 6.07 Å². The van der Waals surface area contributed by atoms with Crippen LogP contribution in [-0.2, 0) is 9.84 Å². The van der Waals surface area contributed by atoms with Crippen LogP contribution < -0.4 is 5.46 Å². The highest BCUT2D eigenvalue weighted by molar-refractivity contribution is 7.90. The maximum Gasteiger partial charge on any atom is 0.181 e. The fourth-order valence-electron chi connectivity index (χ4n) is 0.937. The summed E-state index contributed by atoms with van der Waals surface area (Å²) in [7, 11) is 0.735. The van der Waals surface area contributed by atoms with Crippen molar-refractivity contribution in [2.45, 2.75) is 4.90 Å². The molecule has 14 heavy (non-hydrogen) atoms. The number of halogens is 3. The van der Waals surface area contributed by atoms with E-state index in [2.05, 4.69) is 0 Å². The Hall–Kier alpha value is -0.975. The lowest BCUT2D eigenvalue weighted by Gasteiger charge is -2.12. The molecule has 0 aromatic heterocycles. The van der Waals surface area contributed by atoms with E-state index in [-0.39, 0.29) is 0 Å². The second kappa shape index (κ2) is 3.31. The number of rotatable bonds is 1. The van der Waals surface area contributed by atoms with E-state index >= 15 is 0 Å². The van der Waals surface area contributed by atoms with E-state index < -0.39 is 37.6 Å². The highest BCUT2D eigenvalue weighted by atomic mass is 32.2. The van der Waals surface area contributed by atoms with E-state index in [1.807, 2.05) is 0 Å². The van der Waals surface area contributed by atoms with Crippen molar-refractivity contribution in [3.8, 4) is 0 Å². The molecule has 0 amide bonds. The third-order valence-corrected chi connectivity index (χ3v) is 2.63. The quantitative estimate of drug-likeness (QED) is 0.503. The van der Waals surface area contributed by atoms with E-state index in [0.717, 1.165) is 0 Å². The molecule has 0 N–H and O–H groups in total. The van der Waals surface area contributed by atoms with Gasteiger partial charge in [0.2, 0.25) is 0 Å². The maximum atomic E-state index is 12.9. The Bertz CT molecular complexity index is 484. The van der Waals surface area contributed by atoms with Crippen molar-refractivity contribution in [1.82, 2.24) is 0 Å².